The number of thioether (sulfide) groups is 1. The molecule has 8 atom stereocenters. The van der Waals surface area contributed by atoms with Crippen LogP contribution >= 0.6 is 11.8 Å². The van der Waals surface area contributed by atoms with Crippen molar-refractivity contribution in [1.29, 1.82) is 0 Å². The highest BCUT2D eigenvalue weighted by atomic mass is 32.2. The average Bonchev–Trinajstić information content (AvgIpc) is 3.37. The average molecular weight is 643 g/mol. The zero-order valence-corrected chi connectivity index (χ0v) is 28.8. The number of hydrogen-bond acceptors (Lipinski definition) is 6. The fourth-order valence-corrected chi connectivity index (χ4v) is 9.65. The second kappa shape index (κ2) is 15.1. The molecule has 3 saturated carbocycles. The topological polar surface area (TPSA) is 105 Å². The van der Waals surface area contributed by atoms with E-state index in [-0.39, 0.29) is 47.1 Å². The molecule has 0 aromatic carbocycles. The van der Waals surface area contributed by atoms with Crippen molar-refractivity contribution in [2.45, 2.75) is 135 Å². The maximum Gasteiger partial charge on any atom is 0.316 e. The molecule has 1 aromatic rings. The van der Waals surface area contributed by atoms with Gasteiger partial charge in [0.25, 0.3) is 0 Å². The molecule has 3 fully saturated rings. The molecule has 0 aliphatic heterocycles. The maximum atomic E-state index is 13.6. The molecule has 1 heterocycles. The van der Waals surface area contributed by atoms with Gasteiger partial charge in [-0.25, -0.2) is 4.57 Å². The minimum Gasteiger partial charge on any atom is -0.481 e. The largest absolute Gasteiger partial charge is 0.481 e. The van der Waals surface area contributed by atoms with Crippen molar-refractivity contribution in [2.24, 2.45) is 34.0 Å². The van der Waals surface area contributed by atoms with Gasteiger partial charge < -0.3 is 14.9 Å². The number of ether oxygens (including phenoxy) is 1. The molecule has 0 saturated heterocycles. The van der Waals surface area contributed by atoms with Crippen molar-refractivity contribution < 1.29 is 33.9 Å². The number of carboxylic acids is 1. The summed E-state index contributed by atoms with van der Waals surface area (Å²) in [4.78, 5) is 38.6. The van der Waals surface area contributed by atoms with Crippen molar-refractivity contribution in [3.63, 3.8) is 0 Å². The fraction of sp³-hybridized carbons (Fsp3) is 0.730. The van der Waals surface area contributed by atoms with Crippen LogP contribution in [0.2, 0.25) is 0 Å². The molecule has 0 spiro atoms. The minimum absolute atomic E-state index is 0.0429. The van der Waals surface area contributed by atoms with Crippen molar-refractivity contribution in [1.82, 2.24) is 0 Å². The van der Waals surface area contributed by atoms with E-state index in [2.05, 4.69) is 44.3 Å². The van der Waals surface area contributed by atoms with Gasteiger partial charge in [-0.05, 0) is 55.8 Å². The lowest BCUT2D eigenvalue weighted by Gasteiger charge is -2.61. The first-order chi connectivity index (χ1) is 21.4. The zero-order chi connectivity index (χ0) is 32.8. The van der Waals surface area contributed by atoms with Gasteiger partial charge in [0.1, 0.15) is 18.4 Å². The molecule has 45 heavy (non-hydrogen) atoms. The predicted molar refractivity (Wildman–Crippen MR) is 177 cm³/mol. The third kappa shape index (κ3) is 7.69. The molecule has 8 heteroatoms. The van der Waals surface area contributed by atoms with E-state index in [1.54, 1.807) is 0 Å². The van der Waals surface area contributed by atoms with E-state index in [0.717, 1.165) is 69.2 Å². The predicted octanol–water partition coefficient (Wildman–Crippen LogP) is 7.18. The molecule has 7 nitrogen and oxygen atoms in total. The van der Waals surface area contributed by atoms with E-state index in [1.807, 2.05) is 25.1 Å². The van der Waals surface area contributed by atoms with Crippen molar-refractivity contribution in [3.8, 4) is 0 Å². The van der Waals surface area contributed by atoms with Crippen LogP contribution in [0.15, 0.2) is 42.1 Å². The number of nitrogens with zero attached hydrogens (tertiary/aromatic N) is 1. The number of pyridine rings is 1. The van der Waals surface area contributed by atoms with Crippen LogP contribution in [-0.4, -0.2) is 45.9 Å². The van der Waals surface area contributed by atoms with Crippen LogP contribution < -0.4 is 4.57 Å². The second-order valence-corrected chi connectivity index (χ2v) is 15.8. The van der Waals surface area contributed by atoms with Gasteiger partial charge in [-0.15, -0.1) is 18.3 Å². The number of hydrogen-bond donors (Lipinski definition) is 2. The summed E-state index contributed by atoms with van der Waals surface area (Å²) < 4.78 is 8.55. The monoisotopic (exact) mass is 642 g/mol. The number of aliphatic carboxylic acids is 1. The Hall–Kier alpha value is -2.19. The summed E-state index contributed by atoms with van der Waals surface area (Å²) in [5.74, 6) is -0.579. The summed E-state index contributed by atoms with van der Waals surface area (Å²) in [6.07, 6.45) is 16.2. The summed E-state index contributed by atoms with van der Waals surface area (Å²) in [6.45, 7) is 13.6. The number of Topliss-reactive ketones (excluding diaryl/α,β-unsaturated/α-hetero) is 1. The fourth-order valence-electron chi connectivity index (χ4n) is 8.98. The van der Waals surface area contributed by atoms with Crippen molar-refractivity contribution in [3.05, 3.63) is 37.2 Å². The van der Waals surface area contributed by atoms with Gasteiger partial charge >= 0.3 is 11.9 Å². The van der Waals surface area contributed by atoms with Gasteiger partial charge in [-0.1, -0.05) is 59.5 Å². The summed E-state index contributed by atoms with van der Waals surface area (Å²) in [6, 6.07) is 4.08. The third-order valence-corrected chi connectivity index (χ3v) is 13.1. The SMILES string of the molecule is C=C[C@]1(C)C[C@@H](OC(=O)CSc2cc[n+](CCCCCCCCCC(=O)O)cc2)[C@]2(C)[C@H](C)CC[C@]3(CCC(=O)[C@H]32)[C@@H](C)[C@@H]1O. The minimum atomic E-state index is -0.708. The number of unbranched alkanes of at least 4 members (excludes halogenated alkanes) is 6. The normalized spacial score (nSPS) is 34.4. The summed E-state index contributed by atoms with van der Waals surface area (Å²) in [5, 5.41) is 20.4. The molecule has 3 aliphatic carbocycles. The number of aryl methyl sites for hydroxylation is 1. The Morgan fingerprint density at radius 2 is 1.71 bits per heavy atom. The van der Waals surface area contributed by atoms with Gasteiger partial charge in [0.2, 0.25) is 0 Å². The van der Waals surface area contributed by atoms with Gasteiger partial charge in [0.05, 0.1) is 11.9 Å². The lowest BCUT2D eigenvalue weighted by atomic mass is 9.44. The molecular weight excluding hydrogens is 586 g/mol. The van der Waals surface area contributed by atoms with Crippen LogP contribution in [0.3, 0.4) is 0 Å². The Morgan fingerprint density at radius 1 is 1.07 bits per heavy atom. The van der Waals surface area contributed by atoms with Gasteiger partial charge in [0.15, 0.2) is 12.4 Å². The third-order valence-electron chi connectivity index (χ3n) is 12.1. The van der Waals surface area contributed by atoms with Gasteiger partial charge in [0, 0.05) is 53.0 Å². The smallest absolute Gasteiger partial charge is 0.316 e. The number of rotatable bonds is 15. The quantitative estimate of drug-likeness (QED) is 0.0687. The van der Waals surface area contributed by atoms with E-state index in [9.17, 15) is 19.5 Å². The number of carbonyl (C=O) groups excluding carboxylic acids is 2. The van der Waals surface area contributed by atoms with Crippen LogP contribution in [-0.2, 0) is 25.7 Å². The summed E-state index contributed by atoms with van der Waals surface area (Å²) in [5.41, 5.74) is -1.40. The first-order valence-corrected chi connectivity index (χ1v) is 18.2. The standard InChI is InChI=1S/C37H55NO6S/c1-6-35(4)24-30(36(5)26(2)15-19-37(27(3)34(35)43)20-16-29(39)33(36)37)44-32(42)25-45-28-17-22-38(23-18-28)21-13-11-9-7-8-10-12-14-31(40)41/h6,17-18,22-23,26-27,30,33-34,43H,1,7-16,19-21,24-25H2,2-5H3/p+1/t26-,27+,30-,33+,34+,35-,36+,37+/m1/s1. The number of carboxylic acid groups (broad SMARTS) is 1. The number of carbonyl (C=O) groups is 3. The first-order valence-electron chi connectivity index (χ1n) is 17.2. The summed E-state index contributed by atoms with van der Waals surface area (Å²) >= 11 is 1.47. The molecular formula is C37H56NO6S+. The lowest BCUT2D eigenvalue weighted by Crippen LogP contribution is -2.63. The lowest BCUT2D eigenvalue weighted by molar-refractivity contribution is -0.697. The second-order valence-electron chi connectivity index (χ2n) is 14.7. The molecule has 4 rings (SSSR count). The molecule has 250 valence electrons. The highest BCUT2D eigenvalue weighted by Gasteiger charge is 2.68. The highest BCUT2D eigenvalue weighted by Crippen LogP contribution is 2.68. The Bertz CT molecular complexity index is 1200. The summed E-state index contributed by atoms with van der Waals surface area (Å²) in [7, 11) is 0. The van der Waals surface area contributed by atoms with E-state index < -0.39 is 29.0 Å². The zero-order valence-electron chi connectivity index (χ0n) is 28.0. The molecule has 2 bridgehead atoms. The molecule has 0 unspecified atom stereocenters. The maximum absolute atomic E-state index is 13.6. The van der Waals surface area contributed by atoms with Crippen LogP contribution in [0.4, 0.5) is 0 Å². The number of aromatic nitrogens is 1. The van der Waals surface area contributed by atoms with Crippen LogP contribution in [0, 0.1) is 34.0 Å². The number of ketones is 1. The van der Waals surface area contributed by atoms with Gasteiger partial charge in [-0.3, -0.25) is 14.4 Å². The van der Waals surface area contributed by atoms with E-state index in [0.29, 0.717) is 12.8 Å². The van der Waals surface area contributed by atoms with Gasteiger partial charge in [-0.2, -0.15) is 0 Å². The van der Waals surface area contributed by atoms with Crippen LogP contribution in [0.5, 0.6) is 0 Å². The Kier molecular flexibility index (Phi) is 12.0. The molecule has 0 radical (unpaired) electrons. The first kappa shape index (κ1) is 35.7. The Labute approximate surface area is 274 Å². The van der Waals surface area contributed by atoms with Crippen LogP contribution in [0.25, 0.3) is 0 Å². The molecule has 1 aromatic heterocycles. The van der Waals surface area contributed by atoms with Crippen molar-refractivity contribution >= 4 is 29.5 Å². The molecule has 3 aliphatic rings. The number of aliphatic hydroxyl groups excluding tert-OH is 1. The molecule has 0 amide bonds. The van der Waals surface area contributed by atoms with Crippen molar-refractivity contribution in [2.75, 3.05) is 5.75 Å². The Morgan fingerprint density at radius 3 is 2.36 bits per heavy atom. The number of esters is 1. The number of aliphatic hydroxyl groups is 1. The van der Waals surface area contributed by atoms with Crippen LogP contribution in [0.1, 0.15) is 111 Å². The van der Waals surface area contributed by atoms with E-state index >= 15 is 0 Å². The Balaban J connectivity index is 1.33. The molecule has 2 N–H and O–H groups in total. The van der Waals surface area contributed by atoms with E-state index in [1.165, 1.54) is 18.2 Å². The van der Waals surface area contributed by atoms with E-state index in [4.69, 9.17) is 9.84 Å². The highest BCUT2D eigenvalue weighted by molar-refractivity contribution is 8.00.